The standard InChI is InChI=1S/C10H20N2O3S/c1-10(2,3)9(13)8-11-16(14,15)12-6-4-5-7-12/h11H,4-8H2,1-3H3. The Morgan fingerprint density at radius 1 is 1.25 bits per heavy atom. The molecule has 0 amide bonds. The summed E-state index contributed by atoms with van der Waals surface area (Å²) in [6, 6.07) is 0. The molecule has 1 heterocycles. The van der Waals surface area contributed by atoms with Gasteiger partial charge in [-0.15, -0.1) is 0 Å². The molecule has 0 radical (unpaired) electrons. The van der Waals surface area contributed by atoms with Crippen LogP contribution < -0.4 is 4.72 Å². The second-order valence-corrected chi connectivity index (χ2v) is 6.86. The highest BCUT2D eigenvalue weighted by atomic mass is 32.2. The lowest BCUT2D eigenvalue weighted by molar-refractivity contribution is -0.125. The first kappa shape index (κ1) is 13.6. The summed E-state index contributed by atoms with van der Waals surface area (Å²) in [5.74, 6) is -0.102. The molecule has 1 fully saturated rings. The van der Waals surface area contributed by atoms with Gasteiger partial charge in [-0.25, -0.2) is 0 Å². The Morgan fingerprint density at radius 2 is 1.75 bits per heavy atom. The zero-order valence-electron chi connectivity index (χ0n) is 10.1. The molecule has 0 saturated carbocycles. The van der Waals surface area contributed by atoms with Crippen LogP contribution in [0.2, 0.25) is 0 Å². The van der Waals surface area contributed by atoms with E-state index in [0.29, 0.717) is 13.1 Å². The fourth-order valence-electron chi connectivity index (χ4n) is 1.44. The van der Waals surface area contributed by atoms with Crippen LogP contribution in [0.25, 0.3) is 0 Å². The van der Waals surface area contributed by atoms with Crippen molar-refractivity contribution < 1.29 is 13.2 Å². The molecule has 1 aliphatic heterocycles. The molecule has 1 saturated heterocycles. The molecule has 1 N–H and O–H groups in total. The van der Waals surface area contributed by atoms with E-state index in [1.807, 2.05) is 0 Å². The van der Waals surface area contributed by atoms with Crippen LogP contribution in [0.4, 0.5) is 0 Å². The zero-order valence-corrected chi connectivity index (χ0v) is 10.9. The Labute approximate surface area is 97.4 Å². The predicted octanol–water partition coefficient (Wildman–Crippen LogP) is 0.532. The number of ketones is 1. The summed E-state index contributed by atoms with van der Waals surface area (Å²) < 4.78 is 27.2. The number of nitrogens with zero attached hydrogens (tertiary/aromatic N) is 1. The number of carbonyl (C=O) groups is 1. The molecular weight excluding hydrogens is 228 g/mol. The van der Waals surface area contributed by atoms with Crippen molar-refractivity contribution in [2.24, 2.45) is 5.41 Å². The third-order valence-electron chi connectivity index (χ3n) is 2.66. The van der Waals surface area contributed by atoms with Gasteiger partial charge in [-0.05, 0) is 12.8 Å². The van der Waals surface area contributed by atoms with Crippen LogP contribution in [-0.2, 0) is 15.0 Å². The lowest BCUT2D eigenvalue weighted by Crippen LogP contribution is -2.43. The fourth-order valence-corrected chi connectivity index (χ4v) is 2.68. The molecule has 0 atom stereocenters. The molecule has 94 valence electrons. The van der Waals surface area contributed by atoms with Crippen LogP contribution in [0.3, 0.4) is 0 Å². The minimum atomic E-state index is -3.45. The molecule has 6 heteroatoms. The van der Waals surface area contributed by atoms with Gasteiger partial charge in [-0.3, -0.25) is 4.79 Å². The van der Waals surface area contributed by atoms with Crippen molar-refractivity contribution in [2.45, 2.75) is 33.6 Å². The predicted molar refractivity (Wildman–Crippen MR) is 62.2 cm³/mol. The van der Waals surface area contributed by atoms with Gasteiger partial charge >= 0.3 is 0 Å². The number of hydrogen-bond acceptors (Lipinski definition) is 3. The Hall–Kier alpha value is -0.460. The molecule has 1 rings (SSSR count). The Bertz CT molecular complexity index is 351. The first-order valence-corrected chi connectivity index (χ1v) is 6.95. The summed E-state index contributed by atoms with van der Waals surface area (Å²) >= 11 is 0. The molecule has 1 aliphatic rings. The van der Waals surface area contributed by atoms with E-state index in [9.17, 15) is 13.2 Å². The minimum absolute atomic E-state index is 0.102. The third-order valence-corrected chi connectivity index (χ3v) is 4.21. The Balaban J connectivity index is 2.51. The van der Waals surface area contributed by atoms with Crippen LogP contribution in [0.5, 0.6) is 0 Å². The maximum Gasteiger partial charge on any atom is 0.279 e. The van der Waals surface area contributed by atoms with Crippen LogP contribution in [0.1, 0.15) is 33.6 Å². The molecule has 0 aromatic carbocycles. The van der Waals surface area contributed by atoms with Gasteiger partial charge in [0.15, 0.2) is 5.78 Å². The maximum absolute atomic E-state index is 11.7. The van der Waals surface area contributed by atoms with Gasteiger partial charge in [0.05, 0.1) is 6.54 Å². The van der Waals surface area contributed by atoms with E-state index in [1.54, 1.807) is 20.8 Å². The van der Waals surface area contributed by atoms with Gasteiger partial charge in [0.1, 0.15) is 0 Å². The van der Waals surface area contributed by atoms with Crippen molar-refractivity contribution in [3.63, 3.8) is 0 Å². The molecule has 16 heavy (non-hydrogen) atoms. The van der Waals surface area contributed by atoms with Crippen LogP contribution in [0.15, 0.2) is 0 Å². The van der Waals surface area contributed by atoms with Gasteiger partial charge in [-0.2, -0.15) is 17.4 Å². The molecule has 0 spiro atoms. The number of rotatable bonds is 4. The van der Waals surface area contributed by atoms with E-state index in [-0.39, 0.29) is 12.3 Å². The van der Waals surface area contributed by atoms with Crippen molar-refractivity contribution in [3.05, 3.63) is 0 Å². The van der Waals surface area contributed by atoms with Gasteiger partial charge < -0.3 is 0 Å². The van der Waals surface area contributed by atoms with Crippen molar-refractivity contribution in [1.82, 2.24) is 9.03 Å². The number of carbonyl (C=O) groups excluding carboxylic acids is 1. The van der Waals surface area contributed by atoms with Crippen molar-refractivity contribution in [3.8, 4) is 0 Å². The van der Waals surface area contributed by atoms with E-state index >= 15 is 0 Å². The number of Topliss-reactive ketones (excluding diaryl/α,β-unsaturated/α-hetero) is 1. The largest absolute Gasteiger partial charge is 0.298 e. The summed E-state index contributed by atoms with van der Waals surface area (Å²) in [4.78, 5) is 11.6. The molecule has 5 nitrogen and oxygen atoms in total. The van der Waals surface area contributed by atoms with E-state index in [4.69, 9.17) is 0 Å². The minimum Gasteiger partial charge on any atom is -0.298 e. The summed E-state index contributed by atoms with van der Waals surface area (Å²) in [6.07, 6.45) is 1.79. The molecule has 0 aromatic heterocycles. The third kappa shape index (κ3) is 3.54. The topological polar surface area (TPSA) is 66.5 Å². The quantitative estimate of drug-likeness (QED) is 0.789. The van der Waals surface area contributed by atoms with Gasteiger partial charge in [0.2, 0.25) is 0 Å². The van der Waals surface area contributed by atoms with Crippen LogP contribution in [0, 0.1) is 5.41 Å². The number of nitrogens with one attached hydrogen (secondary N) is 1. The average molecular weight is 248 g/mol. The second kappa shape index (κ2) is 4.81. The summed E-state index contributed by atoms with van der Waals surface area (Å²) in [5, 5.41) is 0. The highest BCUT2D eigenvalue weighted by molar-refractivity contribution is 7.87. The highest BCUT2D eigenvalue weighted by Gasteiger charge is 2.27. The lowest BCUT2D eigenvalue weighted by atomic mass is 9.91. The summed E-state index contributed by atoms with van der Waals surface area (Å²) in [6.45, 7) is 6.32. The monoisotopic (exact) mass is 248 g/mol. The van der Waals surface area contributed by atoms with Crippen molar-refractivity contribution >= 4 is 16.0 Å². The van der Waals surface area contributed by atoms with Crippen molar-refractivity contribution in [2.75, 3.05) is 19.6 Å². The lowest BCUT2D eigenvalue weighted by Gasteiger charge is -2.19. The molecule has 0 aromatic rings. The smallest absolute Gasteiger partial charge is 0.279 e. The zero-order chi connectivity index (χ0) is 12.4. The normalized spacial score (nSPS) is 18.9. The Kier molecular flexibility index (Phi) is 4.09. The molecule has 0 bridgehead atoms. The maximum atomic E-state index is 11.7. The second-order valence-electron chi connectivity index (χ2n) is 5.11. The van der Waals surface area contributed by atoms with Gasteiger partial charge in [0.25, 0.3) is 10.2 Å². The van der Waals surface area contributed by atoms with Gasteiger partial charge in [-0.1, -0.05) is 20.8 Å². The van der Waals surface area contributed by atoms with Crippen molar-refractivity contribution in [1.29, 1.82) is 0 Å². The molecule has 0 unspecified atom stereocenters. The highest BCUT2D eigenvalue weighted by Crippen LogP contribution is 2.15. The summed E-state index contributed by atoms with van der Waals surface area (Å²) in [7, 11) is -3.45. The molecule has 0 aliphatic carbocycles. The van der Waals surface area contributed by atoms with Crippen LogP contribution in [-0.4, -0.2) is 38.1 Å². The van der Waals surface area contributed by atoms with E-state index < -0.39 is 15.6 Å². The molecular formula is C10H20N2O3S. The SMILES string of the molecule is CC(C)(C)C(=O)CNS(=O)(=O)N1CCCC1. The number of hydrogen-bond donors (Lipinski definition) is 1. The average Bonchev–Trinajstić information content (AvgIpc) is 2.65. The van der Waals surface area contributed by atoms with E-state index in [1.165, 1.54) is 4.31 Å². The first-order valence-electron chi connectivity index (χ1n) is 5.51. The van der Waals surface area contributed by atoms with E-state index in [0.717, 1.165) is 12.8 Å². The Morgan fingerprint density at radius 3 is 2.19 bits per heavy atom. The van der Waals surface area contributed by atoms with Gasteiger partial charge in [0, 0.05) is 18.5 Å². The van der Waals surface area contributed by atoms with E-state index in [2.05, 4.69) is 4.72 Å². The van der Waals surface area contributed by atoms with Crippen LogP contribution >= 0.6 is 0 Å². The fraction of sp³-hybridized carbons (Fsp3) is 0.900. The summed E-state index contributed by atoms with van der Waals surface area (Å²) in [5.41, 5.74) is -0.506. The first-order chi connectivity index (χ1) is 7.23.